The van der Waals surface area contributed by atoms with Gasteiger partial charge in [0.25, 0.3) is 0 Å². The maximum Gasteiger partial charge on any atom is 0.306 e. The molecule has 1 N–H and O–H groups in total. The van der Waals surface area contributed by atoms with E-state index in [1.165, 1.54) is 89.9 Å². The number of aliphatic hydroxyl groups is 1. The molecular formula is C47H90N2O7. The number of carbonyl (C=O) groups excluding carboxylic acids is 3. The van der Waals surface area contributed by atoms with Gasteiger partial charge in [0.05, 0.1) is 12.7 Å². The van der Waals surface area contributed by atoms with Gasteiger partial charge in [-0.15, -0.1) is 0 Å². The monoisotopic (exact) mass is 795 g/mol. The van der Waals surface area contributed by atoms with E-state index in [4.69, 9.17) is 14.2 Å². The third kappa shape index (κ3) is 31.3. The standard InChI is InChI=1S/C47H90N2O7/c1-5-9-13-16-17-18-19-20-25-30-46(52)55-41-44(56-47(53)32-22-12-8-4)39-48(36-37-49-35-33-43(50)38-49)34-27-21-26-31-45(51)54-40-42(28-23-14-10-6-2)29-24-15-11-7-3/h42-44,50H,5-41H2,1-4H3. The second kappa shape index (κ2) is 37.6. The van der Waals surface area contributed by atoms with E-state index in [9.17, 15) is 19.5 Å². The topological polar surface area (TPSA) is 106 Å². The number of likely N-dealkylation sites (tertiary alicyclic amines) is 1. The molecule has 2 unspecified atom stereocenters. The molecule has 9 heteroatoms. The number of hydrogen-bond acceptors (Lipinski definition) is 9. The van der Waals surface area contributed by atoms with Crippen LogP contribution in [0, 0.1) is 5.92 Å². The summed E-state index contributed by atoms with van der Waals surface area (Å²) in [4.78, 5) is 43.0. The van der Waals surface area contributed by atoms with Crippen LogP contribution in [0.1, 0.15) is 214 Å². The first-order chi connectivity index (χ1) is 27.3. The van der Waals surface area contributed by atoms with Crippen LogP contribution >= 0.6 is 0 Å². The first kappa shape index (κ1) is 52.3. The lowest BCUT2D eigenvalue weighted by Crippen LogP contribution is -2.42. The molecule has 0 aromatic heterocycles. The average molecular weight is 795 g/mol. The zero-order valence-electron chi connectivity index (χ0n) is 37.2. The van der Waals surface area contributed by atoms with Gasteiger partial charge in [0.15, 0.2) is 0 Å². The number of esters is 3. The van der Waals surface area contributed by atoms with Crippen LogP contribution < -0.4 is 0 Å². The third-order valence-corrected chi connectivity index (χ3v) is 11.4. The Kier molecular flexibility index (Phi) is 35.1. The van der Waals surface area contributed by atoms with Crippen molar-refractivity contribution in [3.8, 4) is 0 Å². The van der Waals surface area contributed by atoms with E-state index < -0.39 is 6.10 Å². The largest absolute Gasteiger partial charge is 0.465 e. The molecule has 0 saturated carbocycles. The molecule has 1 aliphatic rings. The minimum absolute atomic E-state index is 0.0682. The molecule has 0 aromatic carbocycles. The number of rotatable bonds is 40. The van der Waals surface area contributed by atoms with Gasteiger partial charge < -0.3 is 19.3 Å². The van der Waals surface area contributed by atoms with Crippen LogP contribution in [0.4, 0.5) is 0 Å². The third-order valence-electron chi connectivity index (χ3n) is 11.4. The van der Waals surface area contributed by atoms with Crippen LogP contribution in [0.2, 0.25) is 0 Å². The normalized spacial score (nSPS) is 15.2. The first-order valence-corrected chi connectivity index (χ1v) is 23.9. The number of nitrogens with zero attached hydrogens (tertiary/aromatic N) is 2. The highest BCUT2D eigenvalue weighted by molar-refractivity contribution is 5.70. The highest BCUT2D eigenvalue weighted by Gasteiger charge is 2.24. The molecule has 56 heavy (non-hydrogen) atoms. The lowest BCUT2D eigenvalue weighted by Gasteiger charge is -2.29. The molecule has 330 valence electrons. The van der Waals surface area contributed by atoms with E-state index in [2.05, 4.69) is 37.5 Å². The maximum absolute atomic E-state index is 12.9. The van der Waals surface area contributed by atoms with Crippen LogP contribution in [0.3, 0.4) is 0 Å². The summed E-state index contributed by atoms with van der Waals surface area (Å²) in [6.07, 6.45) is 29.6. The molecule has 2 atom stereocenters. The van der Waals surface area contributed by atoms with E-state index in [0.29, 0.717) is 44.9 Å². The second-order valence-corrected chi connectivity index (χ2v) is 16.9. The van der Waals surface area contributed by atoms with Crippen LogP contribution in [0.25, 0.3) is 0 Å². The molecule has 1 heterocycles. The predicted molar refractivity (Wildman–Crippen MR) is 231 cm³/mol. The van der Waals surface area contributed by atoms with E-state index in [1.807, 2.05) is 0 Å². The van der Waals surface area contributed by atoms with Crippen molar-refractivity contribution in [2.24, 2.45) is 5.92 Å². The summed E-state index contributed by atoms with van der Waals surface area (Å²) in [5, 5.41) is 10.1. The quantitative estimate of drug-likeness (QED) is 0.0369. The highest BCUT2D eigenvalue weighted by atomic mass is 16.6. The molecule has 0 amide bonds. The van der Waals surface area contributed by atoms with E-state index in [-0.39, 0.29) is 30.6 Å². The summed E-state index contributed by atoms with van der Waals surface area (Å²) in [6, 6.07) is 0. The van der Waals surface area contributed by atoms with Crippen molar-refractivity contribution in [2.75, 3.05) is 52.5 Å². The Morgan fingerprint density at radius 3 is 1.61 bits per heavy atom. The van der Waals surface area contributed by atoms with Crippen molar-refractivity contribution >= 4 is 17.9 Å². The van der Waals surface area contributed by atoms with Crippen molar-refractivity contribution in [1.82, 2.24) is 9.80 Å². The SMILES string of the molecule is CCCCCCCCCCCC(=O)OCC(CN(CCCCCC(=O)OCC(CCCCCC)CCCCCC)CCN1CCC(O)C1)OC(=O)CCCCC. The van der Waals surface area contributed by atoms with Gasteiger partial charge in [0.1, 0.15) is 12.7 Å². The molecule has 1 fully saturated rings. The molecule has 0 aliphatic carbocycles. The van der Waals surface area contributed by atoms with Crippen LogP contribution in [0.5, 0.6) is 0 Å². The minimum atomic E-state index is -0.535. The maximum atomic E-state index is 12.9. The Morgan fingerprint density at radius 2 is 1.05 bits per heavy atom. The number of carbonyl (C=O) groups is 3. The summed E-state index contributed by atoms with van der Waals surface area (Å²) in [5.74, 6) is -0.0610. The Balaban J connectivity index is 2.66. The lowest BCUT2D eigenvalue weighted by atomic mass is 9.95. The fourth-order valence-corrected chi connectivity index (χ4v) is 7.70. The van der Waals surface area contributed by atoms with Gasteiger partial charge in [-0.1, -0.05) is 150 Å². The first-order valence-electron chi connectivity index (χ1n) is 23.9. The average Bonchev–Trinajstić information content (AvgIpc) is 3.61. The number of ether oxygens (including phenoxy) is 3. The predicted octanol–water partition coefficient (Wildman–Crippen LogP) is 11.0. The Bertz CT molecular complexity index is 922. The minimum Gasteiger partial charge on any atom is -0.465 e. The number of β-amino-alcohol motifs (C(OH)–C–C–N with tert-alkyl or cyclic N) is 1. The van der Waals surface area contributed by atoms with Gasteiger partial charge in [-0.2, -0.15) is 0 Å². The molecular weight excluding hydrogens is 705 g/mol. The van der Waals surface area contributed by atoms with Crippen molar-refractivity contribution in [3.05, 3.63) is 0 Å². The summed E-state index contributed by atoms with van der Waals surface area (Å²) >= 11 is 0. The summed E-state index contributed by atoms with van der Waals surface area (Å²) in [7, 11) is 0. The summed E-state index contributed by atoms with van der Waals surface area (Å²) in [5.41, 5.74) is 0. The molecule has 1 aliphatic heterocycles. The smallest absolute Gasteiger partial charge is 0.306 e. The van der Waals surface area contributed by atoms with Crippen molar-refractivity contribution < 1.29 is 33.7 Å². The summed E-state index contributed by atoms with van der Waals surface area (Å²) < 4.78 is 17.5. The molecule has 1 rings (SSSR count). The fourth-order valence-electron chi connectivity index (χ4n) is 7.70. The Hall–Kier alpha value is -1.71. The van der Waals surface area contributed by atoms with Gasteiger partial charge in [0, 0.05) is 52.0 Å². The molecule has 0 aromatic rings. The van der Waals surface area contributed by atoms with E-state index >= 15 is 0 Å². The Labute approximate surface area is 345 Å². The van der Waals surface area contributed by atoms with Crippen LogP contribution in [-0.2, 0) is 28.6 Å². The van der Waals surface area contributed by atoms with Crippen molar-refractivity contribution in [1.29, 1.82) is 0 Å². The Morgan fingerprint density at radius 1 is 0.589 bits per heavy atom. The van der Waals surface area contributed by atoms with Crippen LogP contribution in [-0.4, -0.2) is 97.5 Å². The van der Waals surface area contributed by atoms with Crippen LogP contribution in [0.15, 0.2) is 0 Å². The summed E-state index contributed by atoms with van der Waals surface area (Å²) in [6.45, 7) is 13.9. The highest BCUT2D eigenvalue weighted by Crippen LogP contribution is 2.20. The van der Waals surface area contributed by atoms with E-state index in [1.54, 1.807) is 0 Å². The molecule has 0 radical (unpaired) electrons. The van der Waals surface area contributed by atoms with Gasteiger partial charge in [-0.05, 0) is 57.4 Å². The van der Waals surface area contributed by atoms with Gasteiger partial charge in [0.2, 0.25) is 0 Å². The molecule has 0 bridgehead atoms. The molecule has 1 saturated heterocycles. The van der Waals surface area contributed by atoms with Gasteiger partial charge in [-0.25, -0.2) is 0 Å². The zero-order valence-corrected chi connectivity index (χ0v) is 37.2. The van der Waals surface area contributed by atoms with Gasteiger partial charge >= 0.3 is 17.9 Å². The van der Waals surface area contributed by atoms with Crippen molar-refractivity contribution in [2.45, 2.75) is 226 Å². The molecule has 0 spiro atoms. The molecule has 9 nitrogen and oxygen atoms in total. The van der Waals surface area contributed by atoms with Crippen molar-refractivity contribution in [3.63, 3.8) is 0 Å². The zero-order chi connectivity index (χ0) is 40.9. The second-order valence-electron chi connectivity index (χ2n) is 16.9. The number of aliphatic hydroxyl groups excluding tert-OH is 1. The van der Waals surface area contributed by atoms with Gasteiger partial charge in [-0.3, -0.25) is 24.2 Å². The lowest BCUT2D eigenvalue weighted by molar-refractivity contribution is -0.160. The number of hydrogen-bond donors (Lipinski definition) is 1. The number of unbranched alkanes of at least 4 members (excludes halogenated alkanes) is 18. The fraction of sp³-hybridized carbons (Fsp3) is 0.936. The van der Waals surface area contributed by atoms with E-state index in [0.717, 1.165) is 103 Å².